The van der Waals surface area contributed by atoms with E-state index in [1.807, 2.05) is 45.4 Å². The van der Waals surface area contributed by atoms with E-state index in [0.29, 0.717) is 5.56 Å². The predicted octanol–water partition coefficient (Wildman–Crippen LogP) is 4.77. The van der Waals surface area contributed by atoms with E-state index in [9.17, 15) is 9.18 Å². The van der Waals surface area contributed by atoms with E-state index in [2.05, 4.69) is 10.4 Å². The zero-order valence-corrected chi connectivity index (χ0v) is 16.3. The maximum atomic E-state index is 13.1. The summed E-state index contributed by atoms with van der Waals surface area (Å²) in [6, 6.07) is 7.89. The normalized spacial score (nSPS) is 12.7. The van der Waals surface area contributed by atoms with E-state index in [-0.39, 0.29) is 29.7 Å². The summed E-state index contributed by atoms with van der Waals surface area (Å²) in [4.78, 5) is 17.7. The van der Waals surface area contributed by atoms with Crippen LogP contribution in [0, 0.1) is 5.82 Å². The van der Waals surface area contributed by atoms with Gasteiger partial charge in [0.05, 0.1) is 23.2 Å². The minimum absolute atomic E-state index is 0.145. The maximum absolute atomic E-state index is 13.1. The van der Waals surface area contributed by atoms with Gasteiger partial charge in [0.25, 0.3) is 5.91 Å². The number of hydrogen-bond donors (Lipinski definition) is 1. The van der Waals surface area contributed by atoms with Gasteiger partial charge in [-0.15, -0.1) is 0 Å². The van der Waals surface area contributed by atoms with E-state index in [0.717, 1.165) is 22.3 Å². The van der Waals surface area contributed by atoms with Crippen LogP contribution in [-0.4, -0.2) is 20.7 Å². The van der Waals surface area contributed by atoms with Crippen LogP contribution in [0.4, 0.5) is 4.39 Å². The largest absolute Gasteiger partial charge is 0.345 e. The van der Waals surface area contributed by atoms with Crippen LogP contribution < -0.4 is 5.32 Å². The van der Waals surface area contributed by atoms with Gasteiger partial charge in [-0.3, -0.25) is 4.79 Å². The Hall–Kier alpha value is -2.76. The number of carbonyl (C=O) groups is 1. The van der Waals surface area contributed by atoms with Crippen molar-refractivity contribution in [3.63, 3.8) is 0 Å². The lowest BCUT2D eigenvalue weighted by Crippen LogP contribution is -2.27. The van der Waals surface area contributed by atoms with Gasteiger partial charge >= 0.3 is 0 Å². The molecule has 0 saturated heterocycles. The number of benzene rings is 1. The van der Waals surface area contributed by atoms with Crippen molar-refractivity contribution in [2.45, 2.75) is 52.6 Å². The quantitative estimate of drug-likeness (QED) is 0.706. The lowest BCUT2D eigenvalue weighted by atomic mass is 10.0. The second-order valence-corrected chi connectivity index (χ2v) is 7.42. The van der Waals surface area contributed by atoms with Gasteiger partial charge in [-0.2, -0.15) is 5.10 Å². The fourth-order valence-electron chi connectivity index (χ4n) is 3.01. The van der Waals surface area contributed by atoms with Crippen LogP contribution in [0.2, 0.25) is 0 Å². The smallest absolute Gasteiger partial charge is 0.252 e. The van der Waals surface area contributed by atoms with E-state index in [1.165, 1.54) is 12.1 Å². The summed E-state index contributed by atoms with van der Waals surface area (Å²) in [7, 11) is 0. The number of pyridine rings is 1. The van der Waals surface area contributed by atoms with Crippen molar-refractivity contribution in [3.8, 4) is 0 Å². The second-order valence-electron chi connectivity index (χ2n) is 7.42. The molecule has 1 amide bonds. The SMILES string of the molecule is CC(C)c1cc(C(=O)NC(C)c2ccc(F)cc2)c2cnn(C(C)C)c2n1. The number of carbonyl (C=O) groups excluding carboxylic acids is 1. The van der Waals surface area contributed by atoms with Crippen molar-refractivity contribution in [1.29, 1.82) is 0 Å². The third-order valence-corrected chi connectivity index (χ3v) is 4.63. The van der Waals surface area contributed by atoms with E-state index >= 15 is 0 Å². The minimum Gasteiger partial charge on any atom is -0.345 e. The van der Waals surface area contributed by atoms with Crippen LogP contribution >= 0.6 is 0 Å². The Bertz CT molecular complexity index is 960. The monoisotopic (exact) mass is 368 g/mol. The zero-order chi connectivity index (χ0) is 19.7. The summed E-state index contributed by atoms with van der Waals surface area (Å²) in [5.74, 6) is -0.300. The van der Waals surface area contributed by atoms with Crippen LogP contribution in [0.15, 0.2) is 36.5 Å². The molecule has 0 saturated carbocycles. The minimum atomic E-state index is -0.296. The summed E-state index contributed by atoms with van der Waals surface area (Å²) in [5.41, 5.74) is 2.97. The van der Waals surface area contributed by atoms with Crippen molar-refractivity contribution in [2.24, 2.45) is 0 Å². The average Bonchev–Trinajstić information content (AvgIpc) is 3.05. The van der Waals surface area contributed by atoms with Gasteiger partial charge in [-0.25, -0.2) is 14.1 Å². The highest BCUT2D eigenvalue weighted by Crippen LogP contribution is 2.25. The number of hydrogen-bond acceptors (Lipinski definition) is 3. The van der Waals surface area contributed by atoms with Crippen molar-refractivity contribution < 1.29 is 9.18 Å². The molecule has 1 aromatic carbocycles. The number of nitrogens with one attached hydrogen (secondary N) is 1. The lowest BCUT2D eigenvalue weighted by molar-refractivity contribution is 0.0941. The zero-order valence-electron chi connectivity index (χ0n) is 16.3. The van der Waals surface area contributed by atoms with E-state index in [4.69, 9.17) is 4.98 Å². The Kier molecular flexibility index (Phi) is 5.26. The Balaban J connectivity index is 1.99. The highest BCUT2D eigenvalue weighted by atomic mass is 19.1. The van der Waals surface area contributed by atoms with Crippen LogP contribution in [0.3, 0.4) is 0 Å². The molecular formula is C21H25FN4O. The van der Waals surface area contributed by atoms with Crippen LogP contribution in [0.25, 0.3) is 11.0 Å². The van der Waals surface area contributed by atoms with E-state index in [1.54, 1.807) is 18.3 Å². The number of rotatable bonds is 5. The fourth-order valence-corrected chi connectivity index (χ4v) is 3.01. The van der Waals surface area contributed by atoms with Crippen LogP contribution in [0.1, 0.15) is 74.2 Å². The topological polar surface area (TPSA) is 59.8 Å². The third-order valence-electron chi connectivity index (χ3n) is 4.63. The van der Waals surface area contributed by atoms with Gasteiger partial charge < -0.3 is 5.32 Å². The molecule has 0 aliphatic heterocycles. The molecule has 5 nitrogen and oxygen atoms in total. The second kappa shape index (κ2) is 7.47. The molecule has 2 aromatic heterocycles. The highest BCUT2D eigenvalue weighted by Gasteiger charge is 2.20. The molecule has 27 heavy (non-hydrogen) atoms. The summed E-state index contributed by atoms with van der Waals surface area (Å²) < 4.78 is 15.0. The number of nitrogens with zero attached hydrogens (tertiary/aromatic N) is 3. The molecule has 0 fully saturated rings. The van der Waals surface area contributed by atoms with Crippen molar-refractivity contribution in [2.75, 3.05) is 0 Å². The Morgan fingerprint density at radius 3 is 2.37 bits per heavy atom. The standard InChI is InChI=1S/C21H25FN4O/c1-12(2)19-10-17(18-11-23-26(13(3)4)20(18)25-19)21(27)24-14(5)15-6-8-16(22)9-7-15/h6-14H,1-5H3,(H,24,27). The maximum Gasteiger partial charge on any atom is 0.252 e. The number of halogens is 1. The summed E-state index contributed by atoms with van der Waals surface area (Å²) in [6.45, 7) is 10.0. The van der Waals surface area contributed by atoms with Crippen molar-refractivity contribution >= 4 is 16.9 Å². The summed E-state index contributed by atoms with van der Waals surface area (Å²) in [6.07, 6.45) is 1.70. The number of fused-ring (bicyclic) bond motifs is 1. The van der Waals surface area contributed by atoms with Gasteiger partial charge in [0, 0.05) is 11.7 Å². The van der Waals surface area contributed by atoms with Gasteiger partial charge in [0.1, 0.15) is 5.82 Å². The summed E-state index contributed by atoms with van der Waals surface area (Å²) in [5, 5.41) is 8.15. The molecule has 1 atom stereocenters. The fraction of sp³-hybridized carbons (Fsp3) is 0.381. The molecular weight excluding hydrogens is 343 g/mol. The van der Waals surface area contributed by atoms with Crippen LogP contribution in [-0.2, 0) is 0 Å². The Labute approximate surface area is 158 Å². The summed E-state index contributed by atoms with van der Waals surface area (Å²) >= 11 is 0. The molecule has 6 heteroatoms. The molecule has 1 unspecified atom stereocenters. The number of aromatic nitrogens is 3. The average molecular weight is 368 g/mol. The highest BCUT2D eigenvalue weighted by molar-refractivity contribution is 6.05. The first kappa shape index (κ1) is 19.0. The molecule has 2 heterocycles. The molecule has 142 valence electrons. The molecule has 0 spiro atoms. The predicted molar refractivity (Wildman–Crippen MR) is 104 cm³/mol. The molecule has 1 N–H and O–H groups in total. The Morgan fingerprint density at radius 2 is 1.78 bits per heavy atom. The molecule has 0 aliphatic rings. The van der Waals surface area contributed by atoms with Crippen molar-refractivity contribution in [3.05, 3.63) is 59.2 Å². The first-order valence-electron chi connectivity index (χ1n) is 9.22. The third kappa shape index (κ3) is 3.84. The van der Waals surface area contributed by atoms with Gasteiger partial charge in [0.15, 0.2) is 5.65 Å². The van der Waals surface area contributed by atoms with Gasteiger partial charge in [0.2, 0.25) is 0 Å². The van der Waals surface area contributed by atoms with Crippen molar-refractivity contribution in [1.82, 2.24) is 20.1 Å². The first-order valence-corrected chi connectivity index (χ1v) is 9.22. The molecule has 0 aliphatic carbocycles. The van der Waals surface area contributed by atoms with Gasteiger partial charge in [-0.05, 0) is 50.5 Å². The molecule has 0 radical (unpaired) electrons. The Morgan fingerprint density at radius 1 is 1.11 bits per heavy atom. The first-order chi connectivity index (χ1) is 12.8. The lowest BCUT2D eigenvalue weighted by Gasteiger charge is -2.16. The van der Waals surface area contributed by atoms with Gasteiger partial charge in [-0.1, -0.05) is 26.0 Å². The van der Waals surface area contributed by atoms with E-state index < -0.39 is 0 Å². The number of amides is 1. The molecule has 3 rings (SSSR count). The molecule has 3 aromatic rings. The molecule has 0 bridgehead atoms. The van der Waals surface area contributed by atoms with Crippen LogP contribution in [0.5, 0.6) is 0 Å².